The number of methoxy groups -OCH3 is 1. The SMILES string of the molecule is COc1cccc2c1n(Cc1ccccc1OC1CC1)c(=O)n2C1CCN(c2c(C)cccc2F)CC1. The quantitative estimate of drug-likeness (QED) is 0.326. The predicted octanol–water partition coefficient (Wildman–Crippen LogP) is 5.69. The van der Waals surface area contributed by atoms with Gasteiger partial charge in [0, 0.05) is 24.7 Å². The van der Waals surface area contributed by atoms with Crippen molar-refractivity contribution in [1.82, 2.24) is 9.13 Å². The molecule has 0 spiro atoms. The summed E-state index contributed by atoms with van der Waals surface area (Å²) in [6, 6.07) is 19.0. The first kappa shape index (κ1) is 23.6. The molecule has 6 rings (SSSR count). The molecule has 7 heteroatoms. The van der Waals surface area contributed by atoms with Crippen molar-refractivity contribution in [1.29, 1.82) is 0 Å². The van der Waals surface area contributed by atoms with E-state index in [1.165, 1.54) is 6.07 Å². The minimum Gasteiger partial charge on any atom is -0.494 e. The van der Waals surface area contributed by atoms with Gasteiger partial charge in [0.1, 0.15) is 22.8 Å². The van der Waals surface area contributed by atoms with Crippen LogP contribution in [0.3, 0.4) is 0 Å². The first-order valence-electron chi connectivity index (χ1n) is 13.1. The van der Waals surface area contributed by atoms with E-state index in [1.54, 1.807) is 13.2 Å². The van der Waals surface area contributed by atoms with Gasteiger partial charge >= 0.3 is 5.69 Å². The monoisotopic (exact) mass is 501 g/mol. The molecule has 0 atom stereocenters. The summed E-state index contributed by atoms with van der Waals surface area (Å²) in [7, 11) is 1.64. The van der Waals surface area contributed by atoms with Gasteiger partial charge in [0.2, 0.25) is 0 Å². The Bertz CT molecular complexity index is 1480. The lowest BCUT2D eigenvalue weighted by Crippen LogP contribution is -2.38. The minimum atomic E-state index is -0.191. The predicted molar refractivity (Wildman–Crippen MR) is 144 cm³/mol. The number of benzene rings is 3. The Morgan fingerprint density at radius 2 is 1.65 bits per heavy atom. The fraction of sp³-hybridized carbons (Fsp3) is 0.367. The summed E-state index contributed by atoms with van der Waals surface area (Å²) in [5, 5.41) is 0. The second-order valence-electron chi connectivity index (χ2n) is 10.1. The third kappa shape index (κ3) is 4.37. The maximum Gasteiger partial charge on any atom is 0.329 e. The lowest BCUT2D eigenvalue weighted by Gasteiger charge is -2.35. The number of hydrogen-bond acceptors (Lipinski definition) is 4. The maximum absolute atomic E-state index is 14.6. The van der Waals surface area contributed by atoms with E-state index < -0.39 is 0 Å². The van der Waals surface area contributed by atoms with Crippen molar-refractivity contribution in [2.24, 2.45) is 0 Å². The molecular weight excluding hydrogens is 469 g/mol. The summed E-state index contributed by atoms with van der Waals surface area (Å²) < 4.78 is 30.2. The Kier molecular flexibility index (Phi) is 6.14. The summed E-state index contributed by atoms with van der Waals surface area (Å²) in [6.45, 7) is 3.72. The highest BCUT2D eigenvalue weighted by atomic mass is 19.1. The van der Waals surface area contributed by atoms with E-state index in [-0.39, 0.29) is 23.7 Å². The van der Waals surface area contributed by atoms with Crippen LogP contribution in [0.5, 0.6) is 11.5 Å². The normalized spacial score (nSPS) is 16.4. The van der Waals surface area contributed by atoms with Crippen molar-refractivity contribution in [2.75, 3.05) is 25.1 Å². The fourth-order valence-corrected chi connectivity index (χ4v) is 5.63. The molecule has 0 bridgehead atoms. The van der Waals surface area contributed by atoms with E-state index in [1.807, 2.05) is 64.6 Å². The standard InChI is InChI=1S/C30H32FN3O3/c1-20-7-5-9-24(31)28(20)32-17-15-22(16-18-32)34-25-10-6-12-27(36-2)29(25)33(30(34)35)19-21-8-3-4-11-26(21)37-23-13-14-23/h3-12,22-23H,13-19H2,1-2H3. The zero-order valence-corrected chi connectivity index (χ0v) is 21.3. The number of piperidine rings is 1. The molecule has 0 unspecified atom stereocenters. The second-order valence-corrected chi connectivity index (χ2v) is 10.1. The average Bonchev–Trinajstić information content (AvgIpc) is 3.68. The number of aryl methyl sites for hydroxylation is 1. The third-order valence-electron chi connectivity index (χ3n) is 7.62. The van der Waals surface area contributed by atoms with Crippen LogP contribution in [0.4, 0.5) is 10.1 Å². The summed E-state index contributed by atoms with van der Waals surface area (Å²) >= 11 is 0. The zero-order valence-electron chi connectivity index (χ0n) is 21.3. The molecule has 2 heterocycles. The number of hydrogen-bond donors (Lipinski definition) is 0. The lowest BCUT2D eigenvalue weighted by atomic mass is 10.0. The van der Waals surface area contributed by atoms with Gasteiger partial charge in [-0.15, -0.1) is 0 Å². The van der Waals surface area contributed by atoms with Crippen molar-refractivity contribution in [2.45, 2.75) is 51.3 Å². The van der Waals surface area contributed by atoms with Gasteiger partial charge in [0.15, 0.2) is 0 Å². The summed E-state index contributed by atoms with van der Waals surface area (Å²) in [5.74, 6) is 1.32. The zero-order chi connectivity index (χ0) is 25.5. The Morgan fingerprint density at radius 1 is 0.919 bits per heavy atom. The molecule has 6 nitrogen and oxygen atoms in total. The molecule has 2 aliphatic rings. The summed E-state index contributed by atoms with van der Waals surface area (Å²) in [5.41, 5.74) is 4.19. The molecule has 37 heavy (non-hydrogen) atoms. The van der Waals surface area contributed by atoms with Gasteiger partial charge in [-0.1, -0.05) is 36.4 Å². The molecule has 0 amide bonds. The van der Waals surface area contributed by atoms with E-state index >= 15 is 0 Å². The van der Waals surface area contributed by atoms with Crippen molar-refractivity contribution in [3.63, 3.8) is 0 Å². The Balaban J connectivity index is 1.36. The number of rotatable bonds is 7. The molecule has 2 fully saturated rings. The molecule has 3 aromatic carbocycles. The van der Waals surface area contributed by atoms with Crippen LogP contribution in [-0.4, -0.2) is 35.4 Å². The van der Waals surface area contributed by atoms with Gasteiger partial charge in [0.25, 0.3) is 0 Å². The number of fused-ring (bicyclic) bond motifs is 1. The number of para-hydroxylation sites is 3. The molecule has 1 aromatic heterocycles. The Labute approximate surface area is 215 Å². The van der Waals surface area contributed by atoms with Crippen LogP contribution in [0.15, 0.2) is 65.5 Å². The molecule has 1 aliphatic carbocycles. The molecule has 192 valence electrons. The number of ether oxygens (including phenoxy) is 2. The first-order valence-corrected chi connectivity index (χ1v) is 13.1. The van der Waals surface area contributed by atoms with Crippen LogP contribution >= 0.6 is 0 Å². The van der Waals surface area contributed by atoms with Gasteiger partial charge in [-0.25, -0.2) is 9.18 Å². The summed E-state index contributed by atoms with van der Waals surface area (Å²) in [6.07, 6.45) is 3.94. The van der Waals surface area contributed by atoms with Crippen LogP contribution < -0.4 is 20.1 Å². The Morgan fingerprint density at radius 3 is 2.38 bits per heavy atom. The van der Waals surface area contributed by atoms with Gasteiger partial charge in [-0.2, -0.15) is 0 Å². The molecular formula is C30H32FN3O3. The first-order chi connectivity index (χ1) is 18.0. The highest BCUT2D eigenvalue weighted by Gasteiger charge is 2.29. The molecule has 1 aliphatic heterocycles. The number of halogens is 1. The van der Waals surface area contributed by atoms with Gasteiger partial charge in [0.05, 0.1) is 31.0 Å². The van der Waals surface area contributed by atoms with Crippen LogP contribution in [0.1, 0.15) is 42.9 Å². The number of nitrogens with zero attached hydrogens (tertiary/aromatic N) is 3. The molecule has 0 N–H and O–H groups in total. The van der Waals surface area contributed by atoms with Crippen LogP contribution in [0.2, 0.25) is 0 Å². The Hall–Kier alpha value is -3.74. The minimum absolute atomic E-state index is 0.0182. The van der Waals surface area contributed by atoms with E-state index in [2.05, 4.69) is 4.90 Å². The number of imidazole rings is 1. The van der Waals surface area contributed by atoms with Crippen LogP contribution in [0, 0.1) is 12.7 Å². The largest absolute Gasteiger partial charge is 0.494 e. The topological polar surface area (TPSA) is 48.6 Å². The smallest absolute Gasteiger partial charge is 0.329 e. The maximum atomic E-state index is 14.6. The van der Waals surface area contributed by atoms with Gasteiger partial charge in [-0.3, -0.25) is 9.13 Å². The highest BCUT2D eigenvalue weighted by molar-refractivity contribution is 5.83. The van der Waals surface area contributed by atoms with Crippen LogP contribution in [-0.2, 0) is 6.54 Å². The lowest BCUT2D eigenvalue weighted by molar-refractivity contribution is 0.299. The van der Waals surface area contributed by atoms with Crippen LogP contribution in [0.25, 0.3) is 11.0 Å². The van der Waals surface area contributed by atoms with Crippen molar-refractivity contribution in [3.05, 3.63) is 88.1 Å². The van der Waals surface area contributed by atoms with Gasteiger partial charge < -0.3 is 14.4 Å². The summed E-state index contributed by atoms with van der Waals surface area (Å²) in [4.78, 5) is 16.1. The van der Waals surface area contributed by atoms with Crippen molar-refractivity contribution in [3.8, 4) is 11.5 Å². The molecule has 0 radical (unpaired) electrons. The number of anilines is 1. The van der Waals surface area contributed by atoms with E-state index in [9.17, 15) is 9.18 Å². The average molecular weight is 502 g/mol. The fourth-order valence-electron chi connectivity index (χ4n) is 5.63. The highest BCUT2D eigenvalue weighted by Crippen LogP contribution is 2.35. The van der Waals surface area contributed by atoms with Crippen molar-refractivity contribution < 1.29 is 13.9 Å². The molecule has 1 saturated carbocycles. The van der Waals surface area contributed by atoms with Crippen molar-refractivity contribution >= 4 is 16.7 Å². The van der Waals surface area contributed by atoms with E-state index in [0.29, 0.717) is 31.1 Å². The second kappa shape index (κ2) is 9.61. The van der Waals surface area contributed by atoms with E-state index in [4.69, 9.17) is 9.47 Å². The third-order valence-corrected chi connectivity index (χ3v) is 7.62. The van der Waals surface area contributed by atoms with Gasteiger partial charge in [-0.05, 0) is 62.4 Å². The van der Waals surface area contributed by atoms with E-state index in [0.717, 1.165) is 53.6 Å². The molecule has 4 aromatic rings. The number of aromatic nitrogens is 2. The molecule has 1 saturated heterocycles.